The fourth-order valence-electron chi connectivity index (χ4n) is 2.72. The Balaban J connectivity index is 1.37. The molecular weight excluding hydrogens is 396 g/mol. The van der Waals surface area contributed by atoms with Gasteiger partial charge in [0.1, 0.15) is 0 Å². The van der Waals surface area contributed by atoms with Gasteiger partial charge in [-0.2, -0.15) is 23.5 Å². The zero-order valence-corrected chi connectivity index (χ0v) is 19.0. The predicted molar refractivity (Wildman–Crippen MR) is 118 cm³/mol. The molecule has 0 aromatic heterocycles. The minimum Gasteiger partial charge on any atom is -0.410 e. The van der Waals surface area contributed by atoms with E-state index < -0.39 is 11.1 Å². The minimum absolute atomic E-state index is 0.244. The zero-order chi connectivity index (χ0) is 20.6. The molecule has 6 nitrogen and oxygen atoms in total. The molecule has 0 saturated heterocycles. The smallest absolute Gasteiger partial charge is 0.340 e. The molecule has 2 heterocycles. The van der Waals surface area contributed by atoms with Gasteiger partial charge in [0.15, 0.2) is 22.9 Å². The van der Waals surface area contributed by atoms with Crippen LogP contribution in [0.5, 0.6) is 0 Å². The van der Waals surface area contributed by atoms with Crippen molar-refractivity contribution in [2.45, 2.75) is 77.3 Å². The molecule has 0 atom stereocenters. The molecule has 0 aromatic rings. The molecule has 2 aliphatic heterocycles. The Bertz CT molecular complexity index is 576. The molecule has 0 bridgehead atoms. The van der Waals surface area contributed by atoms with Crippen molar-refractivity contribution in [2.24, 2.45) is 9.98 Å². The monoisotopic (exact) mass is 428 g/mol. The molecule has 2 rings (SSSR count). The minimum atomic E-state index is -0.705. The highest BCUT2D eigenvalue weighted by atomic mass is 32.2. The largest absolute Gasteiger partial charge is 0.410 e. The number of carbonyl (C=O) groups excluding carboxylic acids is 2. The molecule has 0 aliphatic carbocycles. The number of rotatable bonds is 13. The summed E-state index contributed by atoms with van der Waals surface area (Å²) in [5.41, 5.74) is -1.41. The van der Waals surface area contributed by atoms with Gasteiger partial charge in [-0.1, -0.05) is 12.8 Å². The van der Waals surface area contributed by atoms with Gasteiger partial charge in [0.25, 0.3) is 0 Å². The number of hydrogen-bond acceptors (Lipinski definition) is 8. The second-order valence-electron chi connectivity index (χ2n) is 8.05. The first-order chi connectivity index (χ1) is 13.2. The molecule has 0 fully saturated rings. The van der Waals surface area contributed by atoms with E-state index in [1.165, 1.54) is 25.7 Å². The Kier molecular flexibility index (Phi) is 8.86. The van der Waals surface area contributed by atoms with Crippen LogP contribution in [0.15, 0.2) is 9.98 Å². The highest BCUT2D eigenvalue weighted by Gasteiger charge is 2.37. The lowest BCUT2D eigenvalue weighted by Crippen LogP contribution is -2.25. The molecule has 0 N–H and O–H groups in total. The van der Waals surface area contributed by atoms with Crippen LogP contribution in [-0.2, 0) is 19.1 Å². The van der Waals surface area contributed by atoms with E-state index in [0.29, 0.717) is 11.8 Å². The lowest BCUT2D eigenvalue weighted by atomic mass is 10.1. The maximum atomic E-state index is 11.5. The van der Waals surface area contributed by atoms with Gasteiger partial charge in [-0.05, 0) is 52.0 Å². The summed E-state index contributed by atoms with van der Waals surface area (Å²) in [4.78, 5) is 31.7. The van der Waals surface area contributed by atoms with E-state index in [-0.39, 0.29) is 11.9 Å². The van der Waals surface area contributed by atoms with E-state index in [1.807, 2.05) is 23.5 Å². The third-order valence-corrected chi connectivity index (χ3v) is 6.62. The van der Waals surface area contributed by atoms with Gasteiger partial charge in [-0.25, -0.2) is 19.6 Å². The van der Waals surface area contributed by atoms with Crippen LogP contribution in [0, 0.1) is 0 Å². The van der Waals surface area contributed by atoms with Crippen LogP contribution < -0.4 is 0 Å². The van der Waals surface area contributed by atoms with Crippen LogP contribution in [0.2, 0.25) is 0 Å². The van der Waals surface area contributed by atoms with Crippen molar-refractivity contribution >= 4 is 47.3 Å². The predicted octanol–water partition coefficient (Wildman–Crippen LogP) is 4.26. The Morgan fingerprint density at radius 1 is 0.679 bits per heavy atom. The van der Waals surface area contributed by atoms with Crippen molar-refractivity contribution in [3.8, 4) is 0 Å². The Hall–Kier alpha value is -1.02. The van der Waals surface area contributed by atoms with Crippen molar-refractivity contribution in [2.75, 3.05) is 23.0 Å². The molecule has 0 saturated carbocycles. The number of aliphatic imine (C=N–C) groups is 2. The van der Waals surface area contributed by atoms with Crippen molar-refractivity contribution in [1.29, 1.82) is 0 Å². The second-order valence-corrected chi connectivity index (χ2v) is 10.5. The summed E-state index contributed by atoms with van der Waals surface area (Å²) >= 11 is 3.79. The van der Waals surface area contributed by atoms with E-state index in [1.54, 1.807) is 27.7 Å². The van der Waals surface area contributed by atoms with Crippen LogP contribution in [0.1, 0.15) is 66.2 Å². The van der Waals surface area contributed by atoms with Crippen LogP contribution in [0.25, 0.3) is 0 Å². The average Bonchev–Trinajstić information content (AvgIpc) is 3.02. The molecule has 0 spiro atoms. The molecule has 28 heavy (non-hydrogen) atoms. The maximum absolute atomic E-state index is 11.5. The molecule has 158 valence electrons. The number of esters is 2. The summed E-state index contributed by atoms with van der Waals surface area (Å²) in [6.45, 7) is 7.14. The van der Waals surface area contributed by atoms with Crippen LogP contribution in [0.4, 0.5) is 0 Å². The normalized spacial score (nSPS) is 20.0. The van der Waals surface area contributed by atoms with E-state index in [0.717, 1.165) is 35.9 Å². The standard InChI is InChI=1S/C20H32N2O4S2/c1-19(2)17(23)25-15(21-19)9-13-27-11-7-5-6-8-12-28-14-10-16-22-20(3,4)18(24)26-16/h5-14H2,1-4H3. The summed E-state index contributed by atoms with van der Waals surface area (Å²) in [5, 5.41) is 0. The first kappa shape index (κ1) is 23.3. The quantitative estimate of drug-likeness (QED) is 0.322. The molecule has 0 unspecified atom stereocenters. The van der Waals surface area contributed by atoms with Crippen LogP contribution in [0.3, 0.4) is 0 Å². The Morgan fingerprint density at radius 2 is 1.07 bits per heavy atom. The van der Waals surface area contributed by atoms with E-state index in [4.69, 9.17) is 9.47 Å². The third kappa shape index (κ3) is 7.43. The Labute approximate surface area is 176 Å². The van der Waals surface area contributed by atoms with Gasteiger partial charge in [0, 0.05) is 24.3 Å². The lowest BCUT2D eigenvalue weighted by Gasteiger charge is -2.05. The van der Waals surface area contributed by atoms with Gasteiger partial charge < -0.3 is 9.47 Å². The highest BCUT2D eigenvalue weighted by molar-refractivity contribution is 7.99. The van der Waals surface area contributed by atoms with Crippen molar-refractivity contribution in [3.05, 3.63) is 0 Å². The molecular formula is C20H32N2O4S2. The summed E-state index contributed by atoms with van der Waals surface area (Å²) in [5.74, 6) is 4.85. The number of ether oxygens (including phenoxy) is 2. The SMILES string of the molecule is CC1(C)N=C(CCSCCCCCCSCCC2=NC(C)(C)C(=O)O2)OC1=O. The zero-order valence-electron chi connectivity index (χ0n) is 17.4. The first-order valence-electron chi connectivity index (χ1n) is 9.98. The number of hydrogen-bond donors (Lipinski definition) is 0. The van der Waals surface area contributed by atoms with E-state index in [9.17, 15) is 9.59 Å². The van der Waals surface area contributed by atoms with Crippen molar-refractivity contribution in [1.82, 2.24) is 0 Å². The summed E-state index contributed by atoms with van der Waals surface area (Å²) in [6, 6.07) is 0. The van der Waals surface area contributed by atoms with Crippen LogP contribution >= 0.6 is 23.5 Å². The van der Waals surface area contributed by atoms with E-state index in [2.05, 4.69) is 9.98 Å². The maximum Gasteiger partial charge on any atom is 0.340 e. The summed E-state index contributed by atoms with van der Waals surface area (Å²) in [7, 11) is 0. The third-order valence-electron chi connectivity index (χ3n) is 4.48. The molecule has 0 amide bonds. The van der Waals surface area contributed by atoms with Gasteiger partial charge in [-0.3, -0.25) is 0 Å². The molecule has 0 radical (unpaired) electrons. The van der Waals surface area contributed by atoms with Crippen molar-refractivity contribution < 1.29 is 19.1 Å². The topological polar surface area (TPSA) is 77.3 Å². The number of carbonyl (C=O) groups is 2. The summed E-state index contributed by atoms with van der Waals surface area (Å²) in [6.07, 6.45) is 6.39. The van der Waals surface area contributed by atoms with Gasteiger partial charge >= 0.3 is 11.9 Å². The molecule has 2 aliphatic rings. The number of unbranched alkanes of at least 4 members (excludes halogenated alkanes) is 3. The number of thioether (sulfide) groups is 2. The van der Waals surface area contributed by atoms with Gasteiger partial charge in [-0.15, -0.1) is 0 Å². The van der Waals surface area contributed by atoms with Gasteiger partial charge in [0.05, 0.1) is 0 Å². The van der Waals surface area contributed by atoms with Crippen molar-refractivity contribution in [3.63, 3.8) is 0 Å². The number of cyclic esters (lactones) is 2. The second kappa shape index (κ2) is 10.7. The lowest BCUT2D eigenvalue weighted by molar-refractivity contribution is -0.138. The molecule has 0 aromatic carbocycles. The van der Waals surface area contributed by atoms with Crippen LogP contribution in [-0.4, -0.2) is 57.8 Å². The average molecular weight is 429 g/mol. The fourth-order valence-corrected chi connectivity index (χ4v) is 4.59. The number of nitrogens with zero attached hydrogens (tertiary/aromatic N) is 2. The fraction of sp³-hybridized carbons (Fsp3) is 0.800. The summed E-state index contributed by atoms with van der Waals surface area (Å²) < 4.78 is 10.4. The first-order valence-corrected chi connectivity index (χ1v) is 12.3. The molecule has 8 heteroatoms. The van der Waals surface area contributed by atoms with E-state index >= 15 is 0 Å². The van der Waals surface area contributed by atoms with Gasteiger partial charge in [0.2, 0.25) is 0 Å². The Morgan fingerprint density at radius 3 is 1.39 bits per heavy atom. The highest BCUT2D eigenvalue weighted by Crippen LogP contribution is 2.22.